The summed E-state index contributed by atoms with van der Waals surface area (Å²) in [5.41, 5.74) is -0.0960. The maximum absolute atomic E-state index is 10.5. The molecule has 1 aromatic rings. The van der Waals surface area contributed by atoms with Crippen LogP contribution in [0.5, 0.6) is 0 Å². The number of anilines is 1. The third-order valence-electron chi connectivity index (χ3n) is 6.12. The predicted octanol–water partition coefficient (Wildman–Crippen LogP) is 0.0883. The van der Waals surface area contributed by atoms with Gasteiger partial charge in [-0.25, -0.2) is 4.57 Å². The monoisotopic (exact) mass is 447 g/mol. The summed E-state index contributed by atoms with van der Waals surface area (Å²) in [6.07, 6.45) is -0.217. The number of carbonyl (C=O) groups is 1. The number of fused-ring (bicyclic) bond motifs is 6. The number of nitrogens with zero attached hydrogens (tertiary/aromatic N) is 2. The second kappa shape index (κ2) is 7.26. The minimum Gasteiger partial charge on any atom is -0.542 e. The number of alkyl halides is 3. The van der Waals surface area contributed by atoms with Gasteiger partial charge in [0.05, 0.1) is 18.7 Å². The van der Waals surface area contributed by atoms with Gasteiger partial charge in [-0.05, 0) is 27.7 Å². The SMILES string of the molecule is CC1(C)O[C@H]2O[C@@H]3[C@H]4Nc5cncc[n+]5C(C)(C)[C@@H]4CO[C@@H]3[C@H]2O1.O=C([O-])C(F)(F)F. The molecule has 4 aliphatic heterocycles. The molecule has 1 N–H and O–H groups in total. The van der Waals surface area contributed by atoms with Gasteiger partial charge in [0.1, 0.15) is 48.3 Å². The largest absolute Gasteiger partial charge is 0.542 e. The van der Waals surface area contributed by atoms with Crippen molar-refractivity contribution in [3.63, 3.8) is 0 Å². The van der Waals surface area contributed by atoms with Gasteiger partial charge in [-0.15, -0.1) is 0 Å². The van der Waals surface area contributed by atoms with Crippen molar-refractivity contribution in [1.29, 1.82) is 0 Å². The molecule has 0 radical (unpaired) electrons. The van der Waals surface area contributed by atoms with Gasteiger partial charge in [-0.1, -0.05) is 0 Å². The van der Waals surface area contributed by atoms with E-state index in [1.807, 2.05) is 32.4 Å². The van der Waals surface area contributed by atoms with Crippen LogP contribution < -0.4 is 15.0 Å². The van der Waals surface area contributed by atoms with Crippen LogP contribution in [0.3, 0.4) is 0 Å². The number of nitrogens with one attached hydrogen (secondary N) is 1. The molecule has 1 aromatic heterocycles. The van der Waals surface area contributed by atoms with Crippen molar-refractivity contribution >= 4 is 11.8 Å². The quantitative estimate of drug-likeness (QED) is 0.558. The number of ether oxygens (including phenoxy) is 4. The number of hydrogen-bond donors (Lipinski definition) is 1. The van der Waals surface area contributed by atoms with Crippen LogP contribution in [0.2, 0.25) is 0 Å². The third-order valence-corrected chi connectivity index (χ3v) is 6.12. The highest BCUT2D eigenvalue weighted by atomic mass is 19.4. The zero-order valence-electron chi connectivity index (χ0n) is 17.4. The van der Waals surface area contributed by atoms with Crippen molar-refractivity contribution in [1.82, 2.24) is 4.98 Å². The lowest BCUT2D eigenvalue weighted by molar-refractivity contribution is -0.760. The summed E-state index contributed by atoms with van der Waals surface area (Å²) in [6.45, 7) is 8.97. The van der Waals surface area contributed by atoms with E-state index in [2.05, 4.69) is 28.7 Å². The van der Waals surface area contributed by atoms with E-state index in [0.717, 1.165) is 5.82 Å². The maximum Gasteiger partial charge on any atom is 0.430 e. The van der Waals surface area contributed by atoms with Crippen LogP contribution in [-0.4, -0.2) is 60.2 Å². The first-order valence-corrected chi connectivity index (χ1v) is 9.85. The summed E-state index contributed by atoms with van der Waals surface area (Å²) in [4.78, 5) is 13.0. The Bertz CT molecular complexity index is 865. The maximum atomic E-state index is 10.5. The summed E-state index contributed by atoms with van der Waals surface area (Å²) in [5, 5.41) is 12.4. The first kappa shape index (κ1) is 22.2. The summed E-state index contributed by atoms with van der Waals surface area (Å²) in [7, 11) is 0. The highest BCUT2D eigenvalue weighted by Gasteiger charge is 2.64. The van der Waals surface area contributed by atoms with Gasteiger partial charge in [-0.3, -0.25) is 10.3 Å². The average molecular weight is 447 g/mol. The standard InChI is InChI=1S/C17H23N3O4.C2HF3O2/c1-16(2)9-8-21-13-12(22-15-14(13)23-17(3,4)24-15)11(9)19-10-7-18-5-6-20(10)16;3-2(4,5)1(6)7/h5-7,9,11-15H,8H2,1-4H3;(H,6,7)/t9-,11+,12-,13+,14-,15-;/m1./s1. The number of carboxylic acid groups (broad SMARTS) is 1. The van der Waals surface area contributed by atoms with Crippen LogP contribution in [0.4, 0.5) is 19.0 Å². The van der Waals surface area contributed by atoms with E-state index in [0.29, 0.717) is 6.61 Å². The molecule has 3 saturated heterocycles. The van der Waals surface area contributed by atoms with E-state index in [1.54, 1.807) is 0 Å². The Kier molecular flexibility index (Phi) is 5.19. The van der Waals surface area contributed by atoms with Crippen molar-refractivity contribution in [3.8, 4) is 0 Å². The molecule has 0 amide bonds. The Morgan fingerprint density at radius 3 is 2.55 bits per heavy atom. The molecule has 12 heteroatoms. The second-order valence-corrected chi connectivity index (χ2v) is 8.91. The number of aliphatic carboxylic acids is 1. The van der Waals surface area contributed by atoms with Crippen molar-refractivity contribution < 1.29 is 46.6 Å². The van der Waals surface area contributed by atoms with Crippen LogP contribution in [0, 0.1) is 5.92 Å². The first-order valence-electron chi connectivity index (χ1n) is 9.85. The smallest absolute Gasteiger partial charge is 0.430 e. The minimum atomic E-state index is -5.19. The van der Waals surface area contributed by atoms with Gasteiger partial charge >= 0.3 is 6.18 Å². The molecule has 0 aromatic carbocycles. The van der Waals surface area contributed by atoms with Crippen LogP contribution in [0.1, 0.15) is 27.7 Å². The molecule has 0 aliphatic carbocycles. The number of carboxylic acids is 1. The number of hydrogen-bond acceptors (Lipinski definition) is 8. The molecule has 5 rings (SSSR count). The Hall–Kier alpha value is -2.02. The molecule has 3 fully saturated rings. The highest BCUT2D eigenvalue weighted by molar-refractivity contribution is 5.70. The van der Waals surface area contributed by atoms with Gasteiger partial charge in [-0.2, -0.15) is 13.2 Å². The van der Waals surface area contributed by atoms with E-state index in [1.165, 1.54) is 0 Å². The zero-order valence-corrected chi connectivity index (χ0v) is 17.4. The fourth-order valence-corrected chi connectivity index (χ4v) is 4.68. The molecule has 0 spiro atoms. The van der Waals surface area contributed by atoms with Crippen LogP contribution in [0.15, 0.2) is 18.6 Å². The Morgan fingerprint density at radius 1 is 1.23 bits per heavy atom. The normalized spacial score (nSPS) is 36.6. The molecule has 0 unspecified atom stereocenters. The van der Waals surface area contributed by atoms with E-state index >= 15 is 0 Å². The summed E-state index contributed by atoms with van der Waals surface area (Å²) < 4.78 is 58.2. The van der Waals surface area contributed by atoms with E-state index in [4.69, 9.17) is 28.8 Å². The van der Waals surface area contributed by atoms with Crippen LogP contribution >= 0.6 is 0 Å². The van der Waals surface area contributed by atoms with Gasteiger partial charge in [0, 0.05) is 0 Å². The Balaban J connectivity index is 0.000000289. The van der Waals surface area contributed by atoms with Crippen molar-refractivity contribution in [2.24, 2.45) is 5.92 Å². The minimum absolute atomic E-state index is 0.0944. The molecule has 6 atom stereocenters. The molecule has 5 heterocycles. The molecule has 172 valence electrons. The molecule has 0 saturated carbocycles. The third kappa shape index (κ3) is 3.86. The van der Waals surface area contributed by atoms with Gasteiger partial charge in [0.15, 0.2) is 12.1 Å². The second-order valence-electron chi connectivity index (χ2n) is 8.91. The first-order chi connectivity index (χ1) is 14.3. The topological polar surface area (TPSA) is 106 Å². The Morgan fingerprint density at radius 2 is 1.90 bits per heavy atom. The summed E-state index contributed by atoms with van der Waals surface area (Å²) >= 11 is 0. The summed E-state index contributed by atoms with van der Waals surface area (Å²) in [5.74, 6) is -2.34. The van der Waals surface area contributed by atoms with E-state index in [9.17, 15) is 13.2 Å². The number of aromatic nitrogens is 2. The molecule has 0 bridgehead atoms. The number of rotatable bonds is 0. The molecular formula is C19H24F3N3O6. The van der Waals surface area contributed by atoms with Crippen molar-refractivity contribution in [2.75, 3.05) is 11.9 Å². The molecule has 4 aliphatic rings. The van der Waals surface area contributed by atoms with Gasteiger partial charge in [0.25, 0.3) is 5.82 Å². The number of carbonyl (C=O) groups excluding carboxylic acids is 1. The van der Waals surface area contributed by atoms with E-state index in [-0.39, 0.29) is 42.1 Å². The van der Waals surface area contributed by atoms with Crippen LogP contribution in [0.25, 0.3) is 0 Å². The molecule has 9 nitrogen and oxygen atoms in total. The molecule has 31 heavy (non-hydrogen) atoms. The van der Waals surface area contributed by atoms with Crippen molar-refractivity contribution in [3.05, 3.63) is 18.6 Å². The lowest BCUT2D eigenvalue weighted by Crippen LogP contribution is -2.71. The predicted molar refractivity (Wildman–Crippen MR) is 94.2 cm³/mol. The van der Waals surface area contributed by atoms with Crippen LogP contribution in [-0.2, 0) is 29.3 Å². The fraction of sp³-hybridized carbons (Fsp3) is 0.737. The Labute approximate surface area is 176 Å². The van der Waals surface area contributed by atoms with E-state index < -0.39 is 17.9 Å². The number of halogens is 3. The summed E-state index contributed by atoms with van der Waals surface area (Å²) in [6, 6.07) is 0.142. The fourth-order valence-electron chi connectivity index (χ4n) is 4.68. The lowest BCUT2D eigenvalue weighted by Gasteiger charge is -2.47. The van der Waals surface area contributed by atoms with Gasteiger partial charge < -0.3 is 28.8 Å². The van der Waals surface area contributed by atoms with Crippen molar-refractivity contribution in [2.45, 2.75) is 75.8 Å². The average Bonchev–Trinajstić information content (AvgIpc) is 3.13. The highest BCUT2D eigenvalue weighted by Crippen LogP contribution is 2.46. The molecular weight excluding hydrogens is 423 g/mol. The zero-order chi connectivity index (χ0) is 22.8. The van der Waals surface area contributed by atoms with Gasteiger partial charge in [0.2, 0.25) is 0 Å². The lowest BCUT2D eigenvalue weighted by atomic mass is 9.75.